The molecule has 184 valence electrons. The second kappa shape index (κ2) is 10.2. The van der Waals surface area contributed by atoms with Crippen LogP contribution in [-0.2, 0) is 9.59 Å². The number of hydrogen-bond acceptors (Lipinski definition) is 4. The smallest absolute Gasteiger partial charge is 0.249 e. The summed E-state index contributed by atoms with van der Waals surface area (Å²) in [5.41, 5.74) is 6.46. The van der Waals surface area contributed by atoms with E-state index in [1.807, 2.05) is 37.2 Å². The fraction of sp³-hybridized carbons (Fsp3) is 0.400. The number of ketones is 1. The topological polar surface area (TPSA) is 61.4 Å². The highest BCUT2D eigenvalue weighted by molar-refractivity contribution is 6.05. The van der Waals surface area contributed by atoms with Crippen LogP contribution in [0.4, 0.5) is 0 Å². The Hall–Kier alpha value is -3.18. The van der Waals surface area contributed by atoms with Crippen molar-refractivity contribution < 1.29 is 9.59 Å². The maximum Gasteiger partial charge on any atom is 0.249 e. The highest BCUT2D eigenvalue weighted by atomic mass is 16.2. The van der Waals surface area contributed by atoms with E-state index in [-0.39, 0.29) is 23.0 Å². The van der Waals surface area contributed by atoms with Crippen molar-refractivity contribution in [2.45, 2.75) is 46.0 Å². The van der Waals surface area contributed by atoms with Crippen LogP contribution in [0.5, 0.6) is 0 Å². The zero-order valence-corrected chi connectivity index (χ0v) is 21.6. The van der Waals surface area contributed by atoms with Crippen LogP contribution in [0.15, 0.2) is 77.1 Å². The summed E-state index contributed by atoms with van der Waals surface area (Å²) < 4.78 is 0. The average Bonchev–Trinajstić information content (AvgIpc) is 2.82. The molecule has 0 fully saturated rings. The standard InChI is InChI=1S/C30H37N3O2/c1-6-23-28(29(35)31-16-17-33(4)5)26(27-24(32-23)18-30(2,3)19-25(27)34)22-14-12-21(13-15-22)20-10-8-7-9-11-20/h7-15,26,32H,6,16-19H2,1-5H3,(H,31,35). The number of likely N-dealkylation sites (N-methyl/N-ethyl adjacent to an activating group) is 1. The molecule has 2 N–H and O–H groups in total. The van der Waals surface area contributed by atoms with Crippen molar-refractivity contribution in [3.63, 3.8) is 0 Å². The van der Waals surface area contributed by atoms with Crippen LogP contribution in [0.2, 0.25) is 0 Å². The molecule has 2 aliphatic rings. The quantitative estimate of drug-likeness (QED) is 0.595. The monoisotopic (exact) mass is 471 g/mol. The second-order valence-electron chi connectivity index (χ2n) is 10.7. The summed E-state index contributed by atoms with van der Waals surface area (Å²) >= 11 is 0. The number of nitrogens with one attached hydrogen (secondary N) is 2. The Balaban J connectivity index is 1.78. The van der Waals surface area contributed by atoms with E-state index in [9.17, 15) is 9.59 Å². The molecule has 0 aromatic heterocycles. The number of carbonyl (C=O) groups is 2. The molecule has 2 aromatic rings. The van der Waals surface area contributed by atoms with Gasteiger partial charge in [-0.2, -0.15) is 0 Å². The first-order valence-corrected chi connectivity index (χ1v) is 12.5. The summed E-state index contributed by atoms with van der Waals surface area (Å²) in [4.78, 5) is 29.1. The molecule has 4 rings (SSSR count). The summed E-state index contributed by atoms with van der Waals surface area (Å²) in [6.45, 7) is 7.65. The highest BCUT2D eigenvalue weighted by Gasteiger charge is 2.43. The zero-order valence-electron chi connectivity index (χ0n) is 21.6. The molecular weight excluding hydrogens is 434 g/mol. The minimum Gasteiger partial charge on any atom is -0.361 e. The largest absolute Gasteiger partial charge is 0.361 e. The van der Waals surface area contributed by atoms with Gasteiger partial charge in [-0.3, -0.25) is 9.59 Å². The highest BCUT2D eigenvalue weighted by Crippen LogP contribution is 2.47. The number of rotatable bonds is 7. The molecule has 5 heteroatoms. The van der Waals surface area contributed by atoms with E-state index in [4.69, 9.17) is 0 Å². The lowest BCUT2D eigenvalue weighted by molar-refractivity contribution is -0.118. The molecule has 0 saturated carbocycles. The van der Waals surface area contributed by atoms with E-state index in [2.05, 4.69) is 67.8 Å². The van der Waals surface area contributed by atoms with Crippen LogP contribution in [0.1, 0.15) is 51.5 Å². The second-order valence-corrected chi connectivity index (χ2v) is 10.7. The summed E-state index contributed by atoms with van der Waals surface area (Å²) in [6.07, 6.45) is 1.98. The summed E-state index contributed by atoms with van der Waals surface area (Å²) in [5.74, 6) is -0.332. The van der Waals surface area contributed by atoms with E-state index < -0.39 is 0 Å². The number of nitrogens with zero attached hydrogens (tertiary/aromatic N) is 1. The Kier molecular flexibility index (Phi) is 7.27. The fourth-order valence-electron chi connectivity index (χ4n) is 5.22. The van der Waals surface area contributed by atoms with E-state index in [1.165, 1.54) is 0 Å². The van der Waals surface area contributed by atoms with E-state index >= 15 is 0 Å². The van der Waals surface area contributed by atoms with Crippen LogP contribution in [0, 0.1) is 5.41 Å². The van der Waals surface area contributed by atoms with Gasteiger partial charge in [-0.1, -0.05) is 75.4 Å². The summed E-state index contributed by atoms with van der Waals surface area (Å²) in [6, 6.07) is 18.6. The number of allylic oxidation sites excluding steroid dienone is 3. The lowest BCUT2D eigenvalue weighted by Crippen LogP contribution is -2.42. The van der Waals surface area contributed by atoms with E-state index in [0.717, 1.165) is 46.6 Å². The average molecular weight is 472 g/mol. The van der Waals surface area contributed by atoms with Crippen molar-refractivity contribution in [2.75, 3.05) is 27.2 Å². The minimum absolute atomic E-state index is 0.0995. The van der Waals surface area contributed by atoms with Crippen molar-refractivity contribution in [2.24, 2.45) is 5.41 Å². The third-order valence-electron chi connectivity index (χ3n) is 6.92. The van der Waals surface area contributed by atoms with Crippen molar-refractivity contribution in [3.8, 4) is 11.1 Å². The molecule has 1 unspecified atom stereocenters. The Morgan fingerprint density at radius 2 is 1.69 bits per heavy atom. The third-order valence-corrected chi connectivity index (χ3v) is 6.92. The van der Waals surface area contributed by atoms with Gasteiger partial charge in [0.2, 0.25) is 5.91 Å². The van der Waals surface area contributed by atoms with Crippen LogP contribution >= 0.6 is 0 Å². The predicted octanol–water partition coefficient (Wildman–Crippen LogP) is 5.03. The first kappa shape index (κ1) is 24.9. The molecule has 2 aromatic carbocycles. The molecule has 0 radical (unpaired) electrons. The first-order valence-electron chi connectivity index (χ1n) is 12.5. The molecule has 1 amide bonds. The van der Waals surface area contributed by atoms with Crippen LogP contribution in [-0.4, -0.2) is 43.8 Å². The van der Waals surface area contributed by atoms with Gasteiger partial charge in [-0.05, 0) is 49.0 Å². The SMILES string of the molecule is CCC1=C(C(=O)NCCN(C)C)C(c2ccc(-c3ccccc3)cc2)C2=C(CC(C)(C)CC2=O)N1. The molecule has 0 spiro atoms. The van der Waals surface area contributed by atoms with Crippen molar-refractivity contribution >= 4 is 11.7 Å². The molecular formula is C30H37N3O2. The van der Waals surface area contributed by atoms with Gasteiger partial charge in [0, 0.05) is 48.0 Å². The molecule has 1 aliphatic heterocycles. The van der Waals surface area contributed by atoms with Gasteiger partial charge in [0.15, 0.2) is 5.78 Å². The Bertz CT molecular complexity index is 1160. The summed E-state index contributed by atoms with van der Waals surface area (Å²) in [5, 5.41) is 6.62. The van der Waals surface area contributed by atoms with Gasteiger partial charge in [-0.15, -0.1) is 0 Å². The van der Waals surface area contributed by atoms with Crippen molar-refractivity contribution in [1.29, 1.82) is 0 Å². The number of Topliss-reactive ketones (excluding diaryl/α,β-unsaturated/α-hetero) is 1. The number of hydrogen-bond donors (Lipinski definition) is 2. The molecule has 0 saturated heterocycles. The van der Waals surface area contributed by atoms with Crippen LogP contribution in [0.3, 0.4) is 0 Å². The van der Waals surface area contributed by atoms with Gasteiger partial charge in [0.05, 0.1) is 0 Å². The number of benzene rings is 2. The lowest BCUT2D eigenvalue weighted by Gasteiger charge is -2.40. The van der Waals surface area contributed by atoms with E-state index in [0.29, 0.717) is 25.0 Å². The first-order chi connectivity index (χ1) is 16.7. The minimum atomic E-state index is -0.367. The van der Waals surface area contributed by atoms with Gasteiger partial charge >= 0.3 is 0 Å². The third kappa shape index (κ3) is 5.40. The predicted molar refractivity (Wildman–Crippen MR) is 142 cm³/mol. The van der Waals surface area contributed by atoms with Gasteiger partial charge in [0.1, 0.15) is 0 Å². The zero-order chi connectivity index (χ0) is 25.2. The molecule has 35 heavy (non-hydrogen) atoms. The normalized spacial score (nSPS) is 19.5. The Labute approximate surface area is 209 Å². The number of carbonyl (C=O) groups excluding carboxylic acids is 2. The maximum absolute atomic E-state index is 13.6. The van der Waals surface area contributed by atoms with Crippen molar-refractivity contribution in [3.05, 3.63) is 82.7 Å². The van der Waals surface area contributed by atoms with Crippen LogP contribution < -0.4 is 10.6 Å². The van der Waals surface area contributed by atoms with Gasteiger partial charge in [0.25, 0.3) is 0 Å². The molecule has 1 aliphatic carbocycles. The number of amides is 1. The van der Waals surface area contributed by atoms with Crippen molar-refractivity contribution in [1.82, 2.24) is 15.5 Å². The molecule has 1 atom stereocenters. The molecule has 0 bridgehead atoms. The lowest BCUT2D eigenvalue weighted by atomic mass is 9.68. The Morgan fingerprint density at radius 1 is 1.03 bits per heavy atom. The maximum atomic E-state index is 13.6. The van der Waals surface area contributed by atoms with Gasteiger partial charge in [-0.25, -0.2) is 0 Å². The van der Waals surface area contributed by atoms with Gasteiger partial charge < -0.3 is 15.5 Å². The fourth-order valence-corrected chi connectivity index (χ4v) is 5.22. The van der Waals surface area contributed by atoms with E-state index in [1.54, 1.807) is 0 Å². The molecule has 5 nitrogen and oxygen atoms in total. The Morgan fingerprint density at radius 3 is 2.31 bits per heavy atom. The van der Waals surface area contributed by atoms with Crippen LogP contribution in [0.25, 0.3) is 11.1 Å². The summed E-state index contributed by atoms with van der Waals surface area (Å²) in [7, 11) is 3.98. The number of dihydropyridines is 1. The molecule has 1 heterocycles.